The molecule has 0 fully saturated rings. The molecular weight excluding hydrogens is 310 g/mol. The van der Waals surface area contributed by atoms with Gasteiger partial charge >= 0.3 is 0 Å². The van der Waals surface area contributed by atoms with Crippen LogP contribution in [-0.4, -0.2) is 23.7 Å². The molecule has 0 saturated heterocycles. The molecule has 0 aliphatic carbocycles. The van der Waals surface area contributed by atoms with E-state index in [1.807, 2.05) is 24.3 Å². The zero-order chi connectivity index (χ0) is 16.9. The SMILES string of the molecule is O=C(NN=Cc1cccc([N+](=O)[O-])c1)C1OCCc2ccccc21. The third-order valence-electron chi connectivity index (χ3n) is 3.70. The van der Waals surface area contributed by atoms with Crippen LogP contribution in [0.25, 0.3) is 0 Å². The number of hydrogen-bond donors (Lipinski definition) is 1. The fraction of sp³-hybridized carbons (Fsp3) is 0.176. The Morgan fingerprint density at radius 3 is 2.96 bits per heavy atom. The predicted octanol–water partition coefficient (Wildman–Crippen LogP) is 2.36. The normalized spacial score (nSPS) is 16.6. The number of amides is 1. The first-order chi connectivity index (χ1) is 11.6. The first-order valence-electron chi connectivity index (χ1n) is 7.42. The Labute approximate surface area is 138 Å². The molecule has 1 N–H and O–H groups in total. The van der Waals surface area contributed by atoms with Crippen molar-refractivity contribution in [1.29, 1.82) is 0 Å². The summed E-state index contributed by atoms with van der Waals surface area (Å²) in [5.41, 5.74) is 4.85. The number of nitro benzene ring substituents is 1. The monoisotopic (exact) mass is 325 g/mol. The molecule has 1 unspecified atom stereocenters. The lowest BCUT2D eigenvalue weighted by Gasteiger charge is -2.24. The third-order valence-corrected chi connectivity index (χ3v) is 3.70. The van der Waals surface area contributed by atoms with E-state index in [2.05, 4.69) is 10.5 Å². The number of hydrazone groups is 1. The van der Waals surface area contributed by atoms with Crippen molar-refractivity contribution in [3.8, 4) is 0 Å². The van der Waals surface area contributed by atoms with E-state index in [0.29, 0.717) is 12.2 Å². The summed E-state index contributed by atoms with van der Waals surface area (Å²) < 4.78 is 5.54. The summed E-state index contributed by atoms with van der Waals surface area (Å²) in [7, 11) is 0. The maximum Gasteiger partial charge on any atom is 0.273 e. The van der Waals surface area contributed by atoms with Gasteiger partial charge in [0.2, 0.25) is 0 Å². The van der Waals surface area contributed by atoms with E-state index in [0.717, 1.165) is 17.5 Å². The highest BCUT2D eigenvalue weighted by molar-refractivity contribution is 5.85. The van der Waals surface area contributed by atoms with Crippen molar-refractivity contribution in [3.63, 3.8) is 0 Å². The fourth-order valence-electron chi connectivity index (χ4n) is 2.56. The summed E-state index contributed by atoms with van der Waals surface area (Å²) >= 11 is 0. The summed E-state index contributed by atoms with van der Waals surface area (Å²) in [6, 6.07) is 13.6. The molecule has 0 radical (unpaired) electrons. The molecule has 122 valence electrons. The van der Waals surface area contributed by atoms with Crippen molar-refractivity contribution in [3.05, 3.63) is 75.3 Å². The first-order valence-corrected chi connectivity index (χ1v) is 7.42. The number of nitrogens with one attached hydrogen (secondary N) is 1. The van der Waals surface area contributed by atoms with Crippen molar-refractivity contribution >= 4 is 17.8 Å². The Morgan fingerprint density at radius 2 is 2.12 bits per heavy atom. The van der Waals surface area contributed by atoms with Gasteiger partial charge in [0.1, 0.15) is 0 Å². The molecule has 2 aromatic rings. The Kier molecular flexibility index (Phi) is 4.62. The average molecular weight is 325 g/mol. The predicted molar refractivity (Wildman–Crippen MR) is 87.7 cm³/mol. The Morgan fingerprint density at radius 1 is 1.29 bits per heavy atom. The molecule has 24 heavy (non-hydrogen) atoms. The van der Waals surface area contributed by atoms with Gasteiger partial charge in [0, 0.05) is 17.7 Å². The van der Waals surface area contributed by atoms with Gasteiger partial charge in [-0.1, -0.05) is 36.4 Å². The standard InChI is InChI=1S/C17H15N3O4/c21-17(16-15-7-2-1-5-13(15)8-9-24-16)19-18-11-12-4-3-6-14(10-12)20(22)23/h1-7,10-11,16H,8-9H2,(H,19,21). The van der Waals surface area contributed by atoms with E-state index in [1.165, 1.54) is 18.3 Å². The lowest BCUT2D eigenvalue weighted by atomic mass is 9.97. The summed E-state index contributed by atoms with van der Waals surface area (Å²) in [5, 5.41) is 14.6. The molecule has 0 aromatic heterocycles. The number of carbonyl (C=O) groups is 1. The van der Waals surface area contributed by atoms with Gasteiger partial charge < -0.3 is 4.74 Å². The Balaban J connectivity index is 1.68. The second-order valence-corrected chi connectivity index (χ2v) is 5.29. The van der Waals surface area contributed by atoms with E-state index in [4.69, 9.17) is 4.74 Å². The molecule has 0 spiro atoms. The number of fused-ring (bicyclic) bond motifs is 1. The number of nitrogens with zero attached hydrogens (tertiary/aromatic N) is 2. The minimum atomic E-state index is -0.697. The number of carbonyl (C=O) groups excluding carboxylic acids is 1. The maximum atomic E-state index is 12.3. The highest BCUT2D eigenvalue weighted by Gasteiger charge is 2.26. The van der Waals surface area contributed by atoms with Gasteiger partial charge in [-0.25, -0.2) is 5.43 Å². The van der Waals surface area contributed by atoms with Crippen LogP contribution in [0.2, 0.25) is 0 Å². The molecule has 1 atom stereocenters. The summed E-state index contributed by atoms with van der Waals surface area (Å²) in [5.74, 6) is -0.371. The highest BCUT2D eigenvalue weighted by Crippen LogP contribution is 2.26. The van der Waals surface area contributed by atoms with Gasteiger partial charge in [0.15, 0.2) is 6.10 Å². The fourth-order valence-corrected chi connectivity index (χ4v) is 2.56. The van der Waals surface area contributed by atoms with Crippen molar-refractivity contribution in [2.75, 3.05) is 6.61 Å². The molecule has 1 aliphatic heterocycles. The van der Waals surface area contributed by atoms with E-state index < -0.39 is 11.0 Å². The van der Waals surface area contributed by atoms with Gasteiger partial charge in [-0.2, -0.15) is 5.10 Å². The molecule has 0 bridgehead atoms. The van der Waals surface area contributed by atoms with Crippen LogP contribution in [0.1, 0.15) is 22.8 Å². The molecule has 2 aromatic carbocycles. The van der Waals surface area contributed by atoms with Crippen LogP contribution in [0.15, 0.2) is 53.6 Å². The molecule has 1 amide bonds. The molecule has 3 rings (SSSR count). The van der Waals surface area contributed by atoms with Crippen LogP contribution in [0, 0.1) is 10.1 Å². The van der Waals surface area contributed by atoms with Gasteiger partial charge in [-0.3, -0.25) is 14.9 Å². The average Bonchev–Trinajstić information content (AvgIpc) is 2.61. The summed E-state index contributed by atoms with van der Waals surface area (Å²) in [4.78, 5) is 22.5. The number of benzene rings is 2. The largest absolute Gasteiger partial charge is 0.363 e. The third kappa shape index (κ3) is 3.47. The first kappa shape index (κ1) is 15.8. The minimum Gasteiger partial charge on any atom is -0.363 e. The van der Waals surface area contributed by atoms with Crippen molar-refractivity contribution < 1.29 is 14.5 Å². The van der Waals surface area contributed by atoms with E-state index in [1.54, 1.807) is 12.1 Å². The lowest BCUT2D eigenvalue weighted by molar-refractivity contribution is -0.384. The van der Waals surface area contributed by atoms with Crippen LogP contribution in [0.5, 0.6) is 0 Å². The van der Waals surface area contributed by atoms with Crippen molar-refractivity contribution in [2.24, 2.45) is 5.10 Å². The van der Waals surface area contributed by atoms with Gasteiger partial charge in [0.25, 0.3) is 11.6 Å². The topological polar surface area (TPSA) is 93.8 Å². The number of nitro groups is 1. The van der Waals surface area contributed by atoms with Crippen LogP contribution in [0.4, 0.5) is 5.69 Å². The van der Waals surface area contributed by atoms with Gasteiger partial charge in [0.05, 0.1) is 17.7 Å². The van der Waals surface area contributed by atoms with Crippen LogP contribution < -0.4 is 5.43 Å². The van der Waals surface area contributed by atoms with Crippen LogP contribution in [0.3, 0.4) is 0 Å². The van der Waals surface area contributed by atoms with E-state index in [9.17, 15) is 14.9 Å². The van der Waals surface area contributed by atoms with E-state index >= 15 is 0 Å². The number of rotatable bonds is 4. The molecule has 7 nitrogen and oxygen atoms in total. The summed E-state index contributed by atoms with van der Waals surface area (Å²) in [6.45, 7) is 0.476. The molecule has 1 heterocycles. The van der Waals surface area contributed by atoms with E-state index in [-0.39, 0.29) is 11.6 Å². The second kappa shape index (κ2) is 7.01. The highest BCUT2D eigenvalue weighted by atomic mass is 16.6. The van der Waals surface area contributed by atoms with Gasteiger partial charge in [-0.05, 0) is 17.5 Å². The molecule has 0 saturated carbocycles. The van der Waals surface area contributed by atoms with Crippen molar-refractivity contribution in [1.82, 2.24) is 5.43 Å². The zero-order valence-corrected chi connectivity index (χ0v) is 12.7. The van der Waals surface area contributed by atoms with Crippen molar-refractivity contribution in [2.45, 2.75) is 12.5 Å². The second-order valence-electron chi connectivity index (χ2n) is 5.29. The minimum absolute atomic E-state index is 0.0326. The molecule has 7 heteroatoms. The maximum absolute atomic E-state index is 12.3. The Hall–Kier alpha value is -3.06. The number of non-ortho nitro benzene ring substituents is 1. The zero-order valence-electron chi connectivity index (χ0n) is 12.7. The lowest BCUT2D eigenvalue weighted by Crippen LogP contribution is -2.31. The number of ether oxygens (including phenoxy) is 1. The van der Waals surface area contributed by atoms with Crippen LogP contribution >= 0.6 is 0 Å². The molecular formula is C17H15N3O4. The summed E-state index contributed by atoms with van der Waals surface area (Å²) in [6.07, 6.45) is 1.44. The van der Waals surface area contributed by atoms with Crippen LogP contribution in [-0.2, 0) is 16.0 Å². The quantitative estimate of drug-likeness (QED) is 0.530. The molecule has 1 aliphatic rings. The van der Waals surface area contributed by atoms with Gasteiger partial charge in [-0.15, -0.1) is 0 Å². The number of hydrogen-bond acceptors (Lipinski definition) is 5. The smallest absolute Gasteiger partial charge is 0.273 e. The Bertz CT molecular complexity index is 804.